The van der Waals surface area contributed by atoms with Crippen molar-refractivity contribution < 1.29 is 31.9 Å². The Balaban J connectivity index is 0.00000106. The van der Waals surface area contributed by atoms with Gasteiger partial charge in [-0.25, -0.2) is 26.7 Å². The van der Waals surface area contributed by atoms with Crippen LogP contribution in [-0.2, 0) is 0 Å². The van der Waals surface area contributed by atoms with Gasteiger partial charge in [-0.15, -0.1) is 0 Å². The van der Waals surface area contributed by atoms with Gasteiger partial charge in [0.15, 0.2) is 23.3 Å². The van der Waals surface area contributed by atoms with E-state index >= 15 is 0 Å². The van der Waals surface area contributed by atoms with Crippen molar-refractivity contribution in [2.45, 2.75) is 13.8 Å². The molecule has 0 saturated heterocycles. The van der Waals surface area contributed by atoms with Crippen LogP contribution in [-0.4, -0.2) is 11.1 Å². The van der Waals surface area contributed by atoms with Gasteiger partial charge >= 0.3 is 5.97 Å². The second-order valence-corrected chi connectivity index (χ2v) is 2.25. The summed E-state index contributed by atoms with van der Waals surface area (Å²) in [6.45, 7) is 4.00. The fourth-order valence-electron chi connectivity index (χ4n) is 0.793. The minimum absolute atomic E-state index is 1.86. The molecule has 0 unspecified atom stereocenters. The predicted octanol–water partition coefficient (Wildman–Crippen LogP) is 3.11. The molecule has 1 aromatic rings. The molecular weight excluding hydrogens is 235 g/mol. The molecule has 1 aromatic carbocycles. The Hall–Kier alpha value is -1.66. The van der Waals surface area contributed by atoms with Crippen molar-refractivity contribution in [3.8, 4) is 0 Å². The molecule has 0 radical (unpaired) electrons. The second-order valence-electron chi connectivity index (χ2n) is 2.25. The molecule has 0 aliphatic rings. The Bertz CT molecular complexity index is 388. The van der Waals surface area contributed by atoms with Gasteiger partial charge in [-0.1, -0.05) is 13.8 Å². The predicted molar refractivity (Wildman–Crippen MR) is 44.5 cm³/mol. The fraction of sp³-hybridized carbons (Fsp3) is 0.222. The molecule has 0 bridgehead atoms. The quantitative estimate of drug-likeness (QED) is 0.466. The molecule has 1 rings (SSSR count). The van der Waals surface area contributed by atoms with E-state index in [1.807, 2.05) is 13.8 Å². The number of hydrogen-bond acceptors (Lipinski definition) is 1. The molecule has 1 N–H and O–H groups in total. The van der Waals surface area contributed by atoms with Crippen LogP contribution in [0.15, 0.2) is 0 Å². The zero-order valence-corrected chi connectivity index (χ0v) is 8.25. The van der Waals surface area contributed by atoms with Gasteiger partial charge in [0.1, 0.15) is 5.56 Å². The number of benzene rings is 1. The summed E-state index contributed by atoms with van der Waals surface area (Å²) >= 11 is 0. The van der Waals surface area contributed by atoms with Crippen molar-refractivity contribution in [3.63, 3.8) is 0 Å². The van der Waals surface area contributed by atoms with E-state index in [4.69, 9.17) is 5.11 Å². The lowest BCUT2D eigenvalue weighted by Gasteiger charge is -2.03. The zero-order valence-electron chi connectivity index (χ0n) is 8.25. The van der Waals surface area contributed by atoms with E-state index in [1.54, 1.807) is 0 Å². The molecule has 0 aliphatic heterocycles. The van der Waals surface area contributed by atoms with Crippen molar-refractivity contribution in [2.75, 3.05) is 0 Å². The van der Waals surface area contributed by atoms with Crippen LogP contribution in [0.2, 0.25) is 0 Å². The minimum Gasteiger partial charge on any atom is -0.477 e. The Morgan fingerprint density at radius 2 is 1.06 bits per heavy atom. The maximum Gasteiger partial charge on any atom is 0.341 e. The first-order chi connectivity index (χ1) is 7.37. The smallest absolute Gasteiger partial charge is 0.341 e. The molecule has 7 heteroatoms. The van der Waals surface area contributed by atoms with Gasteiger partial charge in [-0.05, 0) is 0 Å². The van der Waals surface area contributed by atoms with Crippen LogP contribution >= 0.6 is 0 Å². The summed E-state index contributed by atoms with van der Waals surface area (Å²) in [5.74, 6) is -13.9. The zero-order chi connectivity index (χ0) is 13.0. The molecule has 0 fully saturated rings. The monoisotopic (exact) mass is 242 g/mol. The van der Waals surface area contributed by atoms with Crippen LogP contribution in [0.25, 0.3) is 0 Å². The van der Waals surface area contributed by atoms with Crippen molar-refractivity contribution in [3.05, 3.63) is 34.6 Å². The first-order valence-corrected chi connectivity index (χ1v) is 4.12. The molecular formula is C9H7F5O2. The third kappa shape index (κ3) is 2.29. The van der Waals surface area contributed by atoms with Gasteiger partial charge < -0.3 is 5.11 Å². The minimum atomic E-state index is -2.38. The van der Waals surface area contributed by atoms with Gasteiger partial charge in [-0.2, -0.15) is 0 Å². The van der Waals surface area contributed by atoms with Crippen molar-refractivity contribution in [2.24, 2.45) is 0 Å². The van der Waals surface area contributed by atoms with Crippen LogP contribution in [0.1, 0.15) is 24.2 Å². The van der Waals surface area contributed by atoms with E-state index in [-0.39, 0.29) is 0 Å². The van der Waals surface area contributed by atoms with E-state index in [1.165, 1.54) is 0 Å². The van der Waals surface area contributed by atoms with E-state index in [0.29, 0.717) is 0 Å². The highest BCUT2D eigenvalue weighted by atomic mass is 19.2. The topological polar surface area (TPSA) is 37.3 Å². The molecule has 0 atom stereocenters. The largest absolute Gasteiger partial charge is 0.477 e. The molecule has 0 spiro atoms. The highest BCUT2D eigenvalue weighted by Gasteiger charge is 2.29. The highest BCUT2D eigenvalue weighted by molar-refractivity contribution is 5.88. The third-order valence-electron chi connectivity index (χ3n) is 1.42. The normalized spacial score (nSPS) is 9.44. The van der Waals surface area contributed by atoms with E-state index in [0.717, 1.165) is 0 Å². The van der Waals surface area contributed by atoms with Gasteiger partial charge in [0.05, 0.1) is 0 Å². The summed E-state index contributed by atoms with van der Waals surface area (Å²) in [4.78, 5) is 10.1. The lowest BCUT2D eigenvalue weighted by molar-refractivity contribution is 0.0682. The first kappa shape index (κ1) is 14.3. The standard InChI is InChI=1S/C7HF5O2.C2H6/c8-2-1(7(13)14)3(9)5(11)6(12)4(2)10;1-2/h(H,13,14);1-2H3. The Kier molecular flexibility index (Phi) is 4.87. The van der Waals surface area contributed by atoms with Gasteiger partial charge in [-0.3, -0.25) is 0 Å². The Labute approximate surface area is 87.3 Å². The lowest BCUT2D eigenvalue weighted by atomic mass is 10.1. The summed E-state index contributed by atoms with van der Waals surface area (Å²) in [5.41, 5.74) is -1.86. The average Bonchev–Trinajstić information content (AvgIpc) is 2.26. The van der Waals surface area contributed by atoms with E-state index in [9.17, 15) is 26.7 Å². The molecule has 0 saturated carbocycles. The van der Waals surface area contributed by atoms with Crippen LogP contribution < -0.4 is 0 Å². The average molecular weight is 242 g/mol. The van der Waals surface area contributed by atoms with Gasteiger partial charge in [0.25, 0.3) is 0 Å². The maximum atomic E-state index is 12.6. The Morgan fingerprint density at radius 3 is 1.31 bits per heavy atom. The van der Waals surface area contributed by atoms with Gasteiger partial charge in [0, 0.05) is 0 Å². The molecule has 0 amide bonds. The third-order valence-corrected chi connectivity index (χ3v) is 1.42. The summed E-state index contributed by atoms with van der Waals surface area (Å²) < 4.78 is 62.1. The molecule has 0 aromatic heterocycles. The SMILES string of the molecule is CC.O=C(O)c1c(F)c(F)c(F)c(F)c1F. The summed E-state index contributed by atoms with van der Waals surface area (Å²) in [7, 11) is 0. The number of carboxylic acid groups (broad SMARTS) is 1. The van der Waals surface area contributed by atoms with Gasteiger partial charge in [0.2, 0.25) is 5.82 Å². The summed E-state index contributed by atoms with van der Waals surface area (Å²) in [6.07, 6.45) is 0. The van der Waals surface area contributed by atoms with E-state index < -0.39 is 40.6 Å². The number of carboxylic acids is 1. The van der Waals surface area contributed by atoms with Crippen LogP contribution in [0.5, 0.6) is 0 Å². The number of carbonyl (C=O) groups is 1. The Morgan fingerprint density at radius 1 is 0.812 bits per heavy atom. The highest BCUT2D eigenvalue weighted by Crippen LogP contribution is 2.22. The summed E-state index contributed by atoms with van der Waals surface area (Å²) in [6, 6.07) is 0. The number of rotatable bonds is 1. The molecule has 0 heterocycles. The maximum absolute atomic E-state index is 12.6. The molecule has 0 aliphatic carbocycles. The summed E-state index contributed by atoms with van der Waals surface area (Å²) in [5, 5.41) is 8.15. The van der Waals surface area contributed by atoms with Crippen molar-refractivity contribution >= 4 is 5.97 Å². The second kappa shape index (κ2) is 5.43. The molecule has 90 valence electrons. The lowest BCUT2D eigenvalue weighted by Crippen LogP contribution is -2.11. The van der Waals surface area contributed by atoms with Crippen LogP contribution in [0.4, 0.5) is 22.0 Å². The van der Waals surface area contributed by atoms with E-state index in [2.05, 4.69) is 0 Å². The van der Waals surface area contributed by atoms with Crippen LogP contribution in [0.3, 0.4) is 0 Å². The number of halogens is 5. The number of hydrogen-bond donors (Lipinski definition) is 1. The number of aromatic carboxylic acids is 1. The fourth-order valence-corrected chi connectivity index (χ4v) is 0.793. The molecule has 2 nitrogen and oxygen atoms in total. The molecule has 16 heavy (non-hydrogen) atoms. The first-order valence-electron chi connectivity index (χ1n) is 4.12. The van der Waals surface area contributed by atoms with Crippen molar-refractivity contribution in [1.82, 2.24) is 0 Å². The van der Waals surface area contributed by atoms with Crippen LogP contribution in [0, 0.1) is 29.1 Å². The van der Waals surface area contributed by atoms with Crippen molar-refractivity contribution in [1.29, 1.82) is 0 Å².